The van der Waals surface area contributed by atoms with Crippen molar-refractivity contribution < 1.29 is 4.63 Å². The zero-order valence-corrected chi connectivity index (χ0v) is 4.18. The van der Waals surface area contributed by atoms with Crippen molar-refractivity contribution in [2.24, 2.45) is 0 Å². The van der Waals surface area contributed by atoms with Gasteiger partial charge in [0.25, 0.3) is 0 Å². The van der Waals surface area contributed by atoms with E-state index in [1.807, 2.05) is 0 Å². The lowest BCUT2D eigenvalue weighted by Gasteiger charge is -1.61. The summed E-state index contributed by atoms with van der Waals surface area (Å²) in [5.41, 5.74) is 5.01. The van der Waals surface area contributed by atoms with Gasteiger partial charge in [-0.25, -0.2) is 4.63 Å². The van der Waals surface area contributed by atoms with E-state index in [1.165, 1.54) is 6.20 Å². The van der Waals surface area contributed by atoms with Crippen molar-refractivity contribution in [3.63, 3.8) is 0 Å². The van der Waals surface area contributed by atoms with E-state index in [2.05, 4.69) is 14.9 Å². The van der Waals surface area contributed by atoms with E-state index in [1.54, 1.807) is 0 Å². The van der Waals surface area contributed by atoms with E-state index >= 15 is 0 Å². The Labute approximate surface area is 46.1 Å². The molecule has 0 saturated heterocycles. The Morgan fingerprint density at radius 1 is 1.71 bits per heavy atom. The number of nitrogen functional groups attached to an aromatic ring is 1. The molecule has 0 aliphatic heterocycles. The van der Waals surface area contributed by atoms with Crippen LogP contribution in [0.3, 0.4) is 0 Å². The van der Waals surface area contributed by atoms with Crippen LogP contribution in [-0.2, 0) is 0 Å². The minimum atomic E-state index is 0. The molecule has 5 heteroatoms. The highest BCUT2D eigenvalue weighted by atomic mass is 35.5. The highest BCUT2D eigenvalue weighted by molar-refractivity contribution is 5.85. The number of hydrogen-bond donors (Lipinski definition) is 1. The Bertz CT molecular complexity index is 116. The number of halogens is 1. The topological polar surface area (TPSA) is 64.9 Å². The Morgan fingerprint density at radius 3 is 2.57 bits per heavy atom. The van der Waals surface area contributed by atoms with Crippen LogP contribution >= 0.6 is 12.4 Å². The fourth-order valence-corrected chi connectivity index (χ4v) is 0.172. The average Bonchev–Trinajstić information content (AvgIpc) is 1.86. The SMILES string of the molecule is Cl.Nc1cnon1. The van der Waals surface area contributed by atoms with E-state index in [-0.39, 0.29) is 12.4 Å². The number of nitrogens with two attached hydrogens (primary N) is 1. The van der Waals surface area contributed by atoms with Gasteiger partial charge in [-0.3, -0.25) is 0 Å². The molecule has 0 atom stereocenters. The van der Waals surface area contributed by atoms with Gasteiger partial charge in [0.15, 0.2) is 5.82 Å². The van der Waals surface area contributed by atoms with Crippen molar-refractivity contribution in [3.05, 3.63) is 6.20 Å². The largest absolute Gasteiger partial charge is 0.380 e. The second-order valence-electron chi connectivity index (χ2n) is 0.832. The van der Waals surface area contributed by atoms with Crippen molar-refractivity contribution in [1.82, 2.24) is 10.3 Å². The number of anilines is 1. The Balaban J connectivity index is 0.000000360. The summed E-state index contributed by atoms with van der Waals surface area (Å²) >= 11 is 0. The smallest absolute Gasteiger partial charge is 0.188 e. The normalized spacial score (nSPS) is 7.43. The van der Waals surface area contributed by atoms with Crippen LogP contribution in [0.15, 0.2) is 10.8 Å². The summed E-state index contributed by atoms with van der Waals surface area (Å²) in [4.78, 5) is 0. The maximum absolute atomic E-state index is 5.01. The maximum atomic E-state index is 5.01. The first kappa shape index (κ1) is 6.23. The Kier molecular flexibility index (Phi) is 2.15. The second kappa shape index (κ2) is 2.41. The minimum Gasteiger partial charge on any atom is -0.380 e. The van der Waals surface area contributed by atoms with E-state index in [4.69, 9.17) is 5.73 Å². The molecule has 2 N–H and O–H groups in total. The van der Waals surface area contributed by atoms with Gasteiger partial charge in [-0.05, 0) is 5.16 Å². The lowest BCUT2D eigenvalue weighted by molar-refractivity contribution is 0.309. The molecule has 0 unspecified atom stereocenters. The molecular weight excluding hydrogens is 117 g/mol. The molecule has 0 bridgehead atoms. The Hall–Kier alpha value is -0.770. The number of nitrogens with zero attached hydrogens (tertiary/aromatic N) is 2. The molecule has 1 aromatic rings. The predicted octanol–water partition coefficient (Wildman–Crippen LogP) is 0.0736. The quantitative estimate of drug-likeness (QED) is 0.528. The first-order chi connectivity index (χ1) is 2.89. The zero-order valence-electron chi connectivity index (χ0n) is 3.37. The highest BCUT2D eigenvalue weighted by Crippen LogP contribution is 1.84. The van der Waals surface area contributed by atoms with E-state index in [9.17, 15) is 0 Å². The van der Waals surface area contributed by atoms with Gasteiger partial charge in [-0.15, -0.1) is 12.4 Å². The lowest BCUT2D eigenvalue weighted by atomic mass is 10.8. The van der Waals surface area contributed by atoms with Gasteiger partial charge in [-0.2, -0.15) is 0 Å². The molecule has 1 aromatic heterocycles. The third-order valence-electron chi connectivity index (χ3n) is 0.378. The molecule has 1 rings (SSSR count). The summed E-state index contributed by atoms with van der Waals surface area (Å²) in [7, 11) is 0. The van der Waals surface area contributed by atoms with Gasteiger partial charge >= 0.3 is 0 Å². The van der Waals surface area contributed by atoms with Gasteiger partial charge in [0, 0.05) is 0 Å². The molecular formula is C2H4ClN3O. The third-order valence-corrected chi connectivity index (χ3v) is 0.378. The Morgan fingerprint density at radius 2 is 2.43 bits per heavy atom. The van der Waals surface area contributed by atoms with E-state index in [0.717, 1.165) is 0 Å². The van der Waals surface area contributed by atoms with Gasteiger partial charge in [0.1, 0.15) is 6.20 Å². The average molecular weight is 122 g/mol. The molecule has 0 aliphatic rings. The molecule has 0 aromatic carbocycles. The fourth-order valence-electron chi connectivity index (χ4n) is 0.172. The summed E-state index contributed by atoms with van der Waals surface area (Å²) in [6.07, 6.45) is 1.33. The molecule has 0 fully saturated rings. The van der Waals surface area contributed by atoms with Crippen LogP contribution in [0, 0.1) is 0 Å². The number of rotatable bonds is 0. The highest BCUT2D eigenvalue weighted by Gasteiger charge is 1.80. The first-order valence-electron chi connectivity index (χ1n) is 1.42. The molecule has 4 nitrogen and oxygen atoms in total. The second-order valence-corrected chi connectivity index (χ2v) is 0.832. The summed E-state index contributed by atoms with van der Waals surface area (Å²) in [6, 6.07) is 0. The van der Waals surface area contributed by atoms with Crippen LogP contribution in [-0.4, -0.2) is 10.3 Å². The molecule has 1 heterocycles. The zero-order chi connectivity index (χ0) is 4.41. The minimum absolute atomic E-state index is 0. The van der Waals surface area contributed by atoms with Gasteiger partial charge in [0.05, 0.1) is 0 Å². The van der Waals surface area contributed by atoms with Crippen LogP contribution in [0.4, 0.5) is 5.82 Å². The summed E-state index contributed by atoms with van der Waals surface area (Å²) < 4.78 is 4.09. The molecule has 0 amide bonds. The first-order valence-corrected chi connectivity index (χ1v) is 1.42. The third kappa shape index (κ3) is 1.41. The monoisotopic (exact) mass is 121 g/mol. The van der Waals surface area contributed by atoms with Crippen LogP contribution < -0.4 is 5.73 Å². The van der Waals surface area contributed by atoms with Gasteiger partial charge in [-0.1, -0.05) is 5.16 Å². The lowest BCUT2D eigenvalue weighted by Crippen LogP contribution is -1.79. The van der Waals surface area contributed by atoms with Crippen molar-refractivity contribution in [3.8, 4) is 0 Å². The van der Waals surface area contributed by atoms with Crippen LogP contribution in [0.5, 0.6) is 0 Å². The van der Waals surface area contributed by atoms with E-state index in [0.29, 0.717) is 5.82 Å². The van der Waals surface area contributed by atoms with Crippen LogP contribution in [0.2, 0.25) is 0 Å². The molecule has 7 heavy (non-hydrogen) atoms. The summed E-state index contributed by atoms with van der Waals surface area (Å²) in [5.74, 6) is 0.315. The van der Waals surface area contributed by atoms with Gasteiger partial charge < -0.3 is 5.73 Å². The number of aromatic nitrogens is 2. The standard InChI is InChI=1S/C2H3N3O.ClH/c3-2-1-4-6-5-2;/h1H,(H2,3,5);1H. The maximum Gasteiger partial charge on any atom is 0.188 e. The van der Waals surface area contributed by atoms with Crippen molar-refractivity contribution in [2.75, 3.05) is 5.73 Å². The summed E-state index contributed by atoms with van der Waals surface area (Å²) in [6.45, 7) is 0. The van der Waals surface area contributed by atoms with Crippen molar-refractivity contribution in [1.29, 1.82) is 0 Å². The fraction of sp³-hybridized carbons (Fsp3) is 0. The van der Waals surface area contributed by atoms with Gasteiger partial charge in [0.2, 0.25) is 0 Å². The molecule has 40 valence electrons. The molecule has 0 radical (unpaired) electrons. The molecule has 0 spiro atoms. The molecule has 0 saturated carbocycles. The number of hydrogen-bond acceptors (Lipinski definition) is 4. The van der Waals surface area contributed by atoms with Crippen LogP contribution in [0.1, 0.15) is 0 Å². The van der Waals surface area contributed by atoms with Crippen molar-refractivity contribution in [2.45, 2.75) is 0 Å². The predicted molar refractivity (Wildman–Crippen MR) is 26.0 cm³/mol. The summed E-state index contributed by atoms with van der Waals surface area (Å²) in [5, 5.41) is 6.42. The molecule has 0 aliphatic carbocycles. The van der Waals surface area contributed by atoms with E-state index < -0.39 is 0 Å². The van der Waals surface area contributed by atoms with Crippen molar-refractivity contribution >= 4 is 18.2 Å². The van der Waals surface area contributed by atoms with Crippen LogP contribution in [0.25, 0.3) is 0 Å².